The molecule has 0 spiro atoms. The van der Waals surface area contributed by atoms with E-state index < -0.39 is 6.10 Å². The molecule has 0 aliphatic heterocycles. The van der Waals surface area contributed by atoms with Crippen molar-refractivity contribution in [3.8, 4) is 0 Å². The highest BCUT2D eigenvalue weighted by Gasteiger charge is 2.27. The fourth-order valence-corrected chi connectivity index (χ4v) is 2.12. The normalized spacial score (nSPS) is 23.4. The Kier molecular flexibility index (Phi) is 3.80. The molecule has 2 rings (SSSR count). The van der Waals surface area contributed by atoms with Gasteiger partial charge in [0.1, 0.15) is 5.76 Å². The van der Waals surface area contributed by atoms with Crippen LogP contribution in [0.15, 0.2) is 10.6 Å². The summed E-state index contributed by atoms with van der Waals surface area (Å²) in [5, 5.41) is 18.8. The molecule has 0 radical (unpaired) electrons. The third-order valence-electron chi connectivity index (χ3n) is 3.29. The van der Waals surface area contributed by atoms with E-state index in [9.17, 15) is 9.90 Å². The lowest BCUT2D eigenvalue weighted by atomic mass is 9.93. The first kappa shape index (κ1) is 13.9. The Bertz CT molecular complexity index is 450. The van der Waals surface area contributed by atoms with Gasteiger partial charge in [-0.2, -0.15) is 0 Å². The molecule has 1 fully saturated rings. The first-order valence-electron chi connectivity index (χ1n) is 6.59. The summed E-state index contributed by atoms with van der Waals surface area (Å²) in [7, 11) is 0. The summed E-state index contributed by atoms with van der Waals surface area (Å²) in [4.78, 5) is 11.8. The molecular weight excluding hydrogens is 246 g/mol. The van der Waals surface area contributed by atoms with Crippen molar-refractivity contribution in [2.45, 2.75) is 57.6 Å². The van der Waals surface area contributed by atoms with Gasteiger partial charge in [-0.05, 0) is 19.3 Å². The highest BCUT2D eigenvalue weighted by atomic mass is 16.5. The van der Waals surface area contributed by atoms with Crippen molar-refractivity contribution in [2.75, 3.05) is 5.32 Å². The van der Waals surface area contributed by atoms with Gasteiger partial charge in [0.2, 0.25) is 0 Å². The second-order valence-electron chi connectivity index (χ2n) is 6.03. The largest absolute Gasteiger partial charge is 0.391 e. The van der Waals surface area contributed by atoms with Gasteiger partial charge in [-0.1, -0.05) is 25.9 Å². The van der Waals surface area contributed by atoms with Crippen LogP contribution in [0.25, 0.3) is 0 Å². The second-order valence-corrected chi connectivity index (χ2v) is 6.03. The Hall–Kier alpha value is -1.56. The average molecular weight is 267 g/mol. The number of nitrogens with zero attached hydrogens (tertiary/aromatic N) is 1. The lowest BCUT2D eigenvalue weighted by molar-refractivity contribution is 0.151. The number of carbonyl (C=O) groups is 1. The summed E-state index contributed by atoms with van der Waals surface area (Å²) in [5.41, 5.74) is -0.148. The zero-order valence-corrected chi connectivity index (χ0v) is 11.6. The summed E-state index contributed by atoms with van der Waals surface area (Å²) in [6.45, 7) is 6.02. The van der Waals surface area contributed by atoms with Crippen molar-refractivity contribution >= 4 is 11.8 Å². The molecule has 3 N–H and O–H groups in total. The molecule has 6 nitrogen and oxygen atoms in total. The maximum Gasteiger partial charge on any atom is 0.320 e. The summed E-state index contributed by atoms with van der Waals surface area (Å²) >= 11 is 0. The van der Waals surface area contributed by atoms with Gasteiger partial charge in [0.15, 0.2) is 5.82 Å². The van der Waals surface area contributed by atoms with Gasteiger partial charge in [0.25, 0.3) is 0 Å². The van der Waals surface area contributed by atoms with Gasteiger partial charge in [-0.3, -0.25) is 5.32 Å². The summed E-state index contributed by atoms with van der Waals surface area (Å²) in [5.74, 6) is 1.10. The van der Waals surface area contributed by atoms with Crippen LogP contribution < -0.4 is 10.6 Å². The molecule has 0 aromatic carbocycles. The van der Waals surface area contributed by atoms with Gasteiger partial charge in [-0.15, -0.1) is 0 Å². The van der Waals surface area contributed by atoms with E-state index in [1.807, 2.05) is 20.8 Å². The van der Waals surface area contributed by atoms with Crippen LogP contribution in [0.5, 0.6) is 0 Å². The van der Waals surface area contributed by atoms with Crippen LogP contribution >= 0.6 is 0 Å². The van der Waals surface area contributed by atoms with E-state index in [0.717, 1.165) is 19.3 Å². The van der Waals surface area contributed by atoms with Crippen molar-refractivity contribution in [1.29, 1.82) is 0 Å². The molecule has 1 aromatic rings. The standard InChI is InChI=1S/C13H21N3O3/c1-13(2,3)10-7-11(16-19-10)15-12(18)14-8-5-4-6-9(8)17/h7-9,17H,4-6H2,1-3H3,(H2,14,15,16,18)/t8-,9-/m1/s1. The van der Waals surface area contributed by atoms with E-state index in [-0.39, 0.29) is 17.5 Å². The number of nitrogens with one attached hydrogen (secondary N) is 2. The van der Waals surface area contributed by atoms with Crippen LogP contribution in [0.3, 0.4) is 0 Å². The molecule has 106 valence electrons. The fourth-order valence-electron chi connectivity index (χ4n) is 2.12. The number of carbonyl (C=O) groups excluding carboxylic acids is 1. The lowest BCUT2D eigenvalue weighted by Gasteiger charge is -2.16. The van der Waals surface area contributed by atoms with Crippen LogP contribution in [0.4, 0.5) is 10.6 Å². The molecule has 0 saturated heterocycles. The molecule has 1 heterocycles. The van der Waals surface area contributed by atoms with Crippen molar-refractivity contribution in [2.24, 2.45) is 0 Å². The number of hydrogen-bond donors (Lipinski definition) is 3. The van der Waals surface area contributed by atoms with E-state index in [0.29, 0.717) is 11.6 Å². The SMILES string of the molecule is CC(C)(C)c1cc(NC(=O)N[C@@H]2CCC[C@H]2O)no1. The molecule has 0 unspecified atom stereocenters. The number of hydrogen-bond acceptors (Lipinski definition) is 4. The topological polar surface area (TPSA) is 87.4 Å². The van der Waals surface area contributed by atoms with Gasteiger partial charge >= 0.3 is 6.03 Å². The monoisotopic (exact) mass is 267 g/mol. The van der Waals surface area contributed by atoms with Crippen LogP contribution in [-0.4, -0.2) is 28.4 Å². The van der Waals surface area contributed by atoms with E-state index >= 15 is 0 Å². The zero-order valence-electron chi connectivity index (χ0n) is 11.6. The highest BCUT2D eigenvalue weighted by molar-refractivity contribution is 5.88. The zero-order chi connectivity index (χ0) is 14.0. The summed E-state index contributed by atoms with van der Waals surface area (Å²) < 4.78 is 5.18. The Labute approximate surface area is 112 Å². The first-order valence-corrected chi connectivity index (χ1v) is 6.59. The quantitative estimate of drug-likeness (QED) is 0.765. The molecular formula is C13H21N3O3. The number of rotatable bonds is 2. The fraction of sp³-hybridized carbons (Fsp3) is 0.692. The second kappa shape index (κ2) is 5.21. The molecule has 0 bridgehead atoms. The van der Waals surface area contributed by atoms with Gasteiger partial charge in [0.05, 0.1) is 12.1 Å². The van der Waals surface area contributed by atoms with E-state index in [2.05, 4.69) is 15.8 Å². The summed E-state index contributed by atoms with van der Waals surface area (Å²) in [6.07, 6.45) is 2.03. The molecule has 2 atom stereocenters. The maximum absolute atomic E-state index is 11.8. The Morgan fingerprint density at radius 1 is 1.47 bits per heavy atom. The van der Waals surface area contributed by atoms with Crippen molar-refractivity contribution < 1.29 is 14.4 Å². The average Bonchev–Trinajstić information content (AvgIpc) is 2.88. The van der Waals surface area contributed by atoms with E-state index in [4.69, 9.17) is 4.52 Å². The smallest absolute Gasteiger partial charge is 0.320 e. The molecule has 1 aromatic heterocycles. The Balaban J connectivity index is 1.90. The van der Waals surface area contributed by atoms with Crippen LogP contribution in [0.2, 0.25) is 0 Å². The van der Waals surface area contributed by atoms with Crippen LogP contribution in [0.1, 0.15) is 45.8 Å². The van der Waals surface area contributed by atoms with Crippen LogP contribution in [0, 0.1) is 0 Å². The third-order valence-corrected chi connectivity index (χ3v) is 3.29. The molecule has 1 saturated carbocycles. The predicted octanol–water partition coefficient (Wildman–Crippen LogP) is 2.01. The van der Waals surface area contributed by atoms with Crippen molar-refractivity contribution in [3.05, 3.63) is 11.8 Å². The first-order chi connectivity index (χ1) is 8.86. The molecule has 1 aliphatic carbocycles. The Morgan fingerprint density at radius 3 is 2.74 bits per heavy atom. The van der Waals surface area contributed by atoms with Crippen LogP contribution in [-0.2, 0) is 5.41 Å². The maximum atomic E-state index is 11.8. The highest BCUT2D eigenvalue weighted by Crippen LogP contribution is 2.24. The van der Waals surface area contributed by atoms with Crippen molar-refractivity contribution in [1.82, 2.24) is 10.5 Å². The number of aromatic nitrogens is 1. The molecule has 19 heavy (non-hydrogen) atoms. The minimum Gasteiger partial charge on any atom is -0.391 e. The predicted molar refractivity (Wildman–Crippen MR) is 71.0 cm³/mol. The number of anilines is 1. The number of aliphatic hydroxyl groups is 1. The molecule has 2 amide bonds. The van der Waals surface area contributed by atoms with Gasteiger partial charge in [-0.25, -0.2) is 4.79 Å². The van der Waals surface area contributed by atoms with Gasteiger partial charge < -0.3 is 14.9 Å². The number of amides is 2. The number of urea groups is 1. The van der Waals surface area contributed by atoms with E-state index in [1.165, 1.54) is 0 Å². The minimum atomic E-state index is -0.451. The number of aliphatic hydroxyl groups excluding tert-OH is 1. The molecule has 6 heteroatoms. The Morgan fingerprint density at radius 2 is 2.21 bits per heavy atom. The van der Waals surface area contributed by atoms with Gasteiger partial charge in [0, 0.05) is 11.5 Å². The van der Waals surface area contributed by atoms with Crippen molar-refractivity contribution in [3.63, 3.8) is 0 Å². The summed E-state index contributed by atoms with van der Waals surface area (Å²) in [6, 6.07) is 1.18. The lowest BCUT2D eigenvalue weighted by Crippen LogP contribution is -2.42. The third kappa shape index (κ3) is 3.47. The van der Waals surface area contributed by atoms with E-state index in [1.54, 1.807) is 6.07 Å². The molecule has 1 aliphatic rings. The minimum absolute atomic E-state index is 0.148.